The van der Waals surface area contributed by atoms with Gasteiger partial charge >= 0.3 is 0 Å². The second-order valence-corrected chi connectivity index (χ2v) is 5.63. The van der Waals surface area contributed by atoms with Crippen LogP contribution in [-0.4, -0.2) is 31.5 Å². The third kappa shape index (κ3) is 2.49. The number of rotatable bonds is 2. The van der Waals surface area contributed by atoms with Gasteiger partial charge in [-0.2, -0.15) is 0 Å². The lowest BCUT2D eigenvalue weighted by Gasteiger charge is -2.27. The van der Waals surface area contributed by atoms with E-state index in [0.29, 0.717) is 5.02 Å². The van der Waals surface area contributed by atoms with E-state index in [1.54, 1.807) is 12.0 Å². The number of methoxy groups -OCH3 is 1. The van der Waals surface area contributed by atoms with Gasteiger partial charge < -0.3 is 9.64 Å². The Morgan fingerprint density at radius 1 is 1.19 bits per heavy atom. The third-order valence-electron chi connectivity index (χ3n) is 3.86. The first-order valence-corrected chi connectivity index (χ1v) is 7.20. The van der Waals surface area contributed by atoms with E-state index < -0.39 is 0 Å². The minimum absolute atomic E-state index is 0.0591. The summed E-state index contributed by atoms with van der Waals surface area (Å²) in [6.45, 7) is 0.735. The molecule has 3 nitrogen and oxygen atoms in total. The Morgan fingerprint density at radius 3 is 2.57 bits per heavy atom. The number of benzene rings is 2. The molecule has 1 heterocycles. The molecule has 3 rings (SSSR count). The lowest BCUT2D eigenvalue weighted by Crippen LogP contribution is -2.34. The second-order valence-electron chi connectivity index (χ2n) is 5.19. The zero-order valence-electron chi connectivity index (χ0n) is 12.0. The van der Waals surface area contributed by atoms with Gasteiger partial charge in [0.25, 0.3) is 5.91 Å². The van der Waals surface area contributed by atoms with Crippen molar-refractivity contribution < 1.29 is 9.53 Å². The van der Waals surface area contributed by atoms with Gasteiger partial charge in [-0.1, -0.05) is 23.7 Å². The molecule has 0 bridgehead atoms. The van der Waals surface area contributed by atoms with E-state index in [-0.39, 0.29) is 5.91 Å². The first kappa shape index (κ1) is 14.0. The summed E-state index contributed by atoms with van der Waals surface area (Å²) >= 11 is 5.95. The minimum Gasteiger partial charge on any atom is -0.497 e. The number of halogens is 1. The van der Waals surface area contributed by atoms with Crippen molar-refractivity contribution in [3.8, 4) is 16.9 Å². The van der Waals surface area contributed by atoms with E-state index in [0.717, 1.165) is 41.0 Å². The quantitative estimate of drug-likeness (QED) is 0.847. The van der Waals surface area contributed by atoms with Crippen LogP contribution < -0.4 is 4.74 Å². The average molecular weight is 302 g/mol. The van der Waals surface area contributed by atoms with Crippen LogP contribution in [0.3, 0.4) is 0 Å². The summed E-state index contributed by atoms with van der Waals surface area (Å²) in [7, 11) is 3.48. The molecule has 0 N–H and O–H groups in total. The molecule has 0 atom stereocenters. The number of hydrogen-bond donors (Lipinski definition) is 0. The molecule has 4 heteroatoms. The highest BCUT2D eigenvalue weighted by atomic mass is 35.5. The van der Waals surface area contributed by atoms with Crippen molar-refractivity contribution in [2.75, 3.05) is 20.7 Å². The molecule has 0 saturated heterocycles. The van der Waals surface area contributed by atoms with Crippen molar-refractivity contribution in [1.29, 1.82) is 0 Å². The molecule has 0 fully saturated rings. The lowest BCUT2D eigenvalue weighted by molar-refractivity contribution is 0.0781. The van der Waals surface area contributed by atoms with Crippen LogP contribution in [0.4, 0.5) is 0 Å². The van der Waals surface area contributed by atoms with Gasteiger partial charge in [0.15, 0.2) is 0 Å². The summed E-state index contributed by atoms with van der Waals surface area (Å²) < 4.78 is 5.38. The largest absolute Gasteiger partial charge is 0.497 e. The molecule has 1 aliphatic rings. The van der Waals surface area contributed by atoms with Crippen LogP contribution >= 0.6 is 11.6 Å². The summed E-state index contributed by atoms with van der Waals surface area (Å²) in [5.74, 6) is 0.833. The first-order valence-electron chi connectivity index (χ1n) is 6.82. The zero-order valence-corrected chi connectivity index (χ0v) is 12.8. The fourth-order valence-electron chi connectivity index (χ4n) is 2.68. The summed E-state index contributed by atoms with van der Waals surface area (Å²) in [4.78, 5) is 14.3. The van der Waals surface area contributed by atoms with Crippen molar-refractivity contribution in [3.63, 3.8) is 0 Å². The first-order chi connectivity index (χ1) is 10.1. The van der Waals surface area contributed by atoms with Crippen molar-refractivity contribution >= 4 is 17.5 Å². The molecule has 2 aromatic rings. The topological polar surface area (TPSA) is 29.5 Å². The normalized spacial score (nSPS) is 14.0. The Morgan fingerprint density at radius 2 is 1.90 bits per heavy atom. The molecule has 2 aromatic carbocycles. The number of carbonyl (C=O) groups excluding carboxylic acids is 1. The predicted octanol–water partition coefficient (Wildman–Crippen LogP) is 3.64. The SMILES string of the molecule is COc1cc2c(c(-c3ccc(Cl)cc3)c1)C(=O)N(C)CC2. The van der Waals surface area contributed by atoms with Crippen LogP contribution in [0.25, 0.3) is 11.1 Å². The molecular weight excluding hydrogens is 286 g/mol. The fourth-order valence-corrected chi connectivity index (χ4v) is 2.80. The van der Waals surface area contributed by atoms with Gasteiger partial charge in [0, 0.05) is 18.6 Å². The Kier molecular flexibility index (Phi) is 3.60. The number of fused-ring (bicyclic) bond motifs is 1. The number of carbonyl (C=O) groups is 1. The van der Waals surface area contributed by atoms with Gasteiger partial charge in [0.1, 0.15) is 5.75 Å². The van der Waals surface area contributed by atoms with Gasteiger partial charge in [0.05, 0.1) is 12.7 Å². The Bertz CT molecular complexity index is 695. The highest BCUT2D eigenvalue weighted by molar-refractivity contribution is 6.30. The van der Waals surface area contributed by atoms with Crippen molar-refractivity contribution in [2.45, 2.75) is 6.42 Å². The van der Waals surface area contributed by atoms with Gasteiger partial charge in [0.2, 0.25) is 0 Å². The number of nitrogens with zero attached hydrogens (tertiary/aromatic N) is 1. The standard InChI is InChI=1S/C17H16ClNO2/c1-19-8-7-12-9-14(21-2)10-15(16(12)17(19)20)11-3-5-13(18)6-4-11/h3-6,9-10H,7-8H2,1-2H3. The summed E-state index contributed by atoms with van der Waals surface area (Å²) in [6.07, 6.45) is 0.843. The smallest absolute Gasteiger partial charge is 0.254 e. The number of ether oxygens (including phenoxy) is 1. The number of amides is 1. The molecule has 1 amide bonds. The van der Waals surface area contributed by atoms with E-state index in [1.165, 1.54) is 0 Å². The summed E-state index contributed by atoms with van der Waals surface area (Å²) in [5, 5.41) is 0.680. The number of likely N-dealkylation sites (N-methyl/N-ethyl adjacent to an activating group) is 1. The molecule has 0 saturated carbocycles. The molecule has 108 valence electrons. The zero-order chi connectivity index (χ0) is 15.0. The molecular formula is C17H16ClNO2. The number of hydrogen-bond acceptors (Lipinski definition) is 2. The van der Waals surface area contributed by atoms with E-state index in [4.69, 9.17) is 16.3 Å². The van der Waals surface area contributed by atoms with Gasteiger partial charge in [-0.3, -0.25) is 4.79 Å². The Balaban J connectivity index is 2.23. The maximum absolute atomic E-state index is 12.5. The van der Waals surface area contributed by atoms with Gasteiger partial charge in [-0.15, -0.1) is 0 Å². The lowest BCUT2D eigenvalue weighted by atomic mass is 9.90. The summed E-state index contributed by atoms with van der Waals surface area (Å²) in [6, 6.07) is 11.4. The monoisotopic (exact) mass is 301 g/mol. The fraction of sp³-hybridized carbons (Fsp3) is 0.235. The predicted molar refractivity (Wildman–Crippen MR) is 84.1 cm³/mol. The van der Waals surface area contributed by atoms with Crippen molar-refractivity contribution in [3.05, 3.63) is 52.5 Å². The highest BCUT2D eigenvalue weighted by Crippen LogP contribution is 2.34. The summed E-state index contributed by atoms with van der Waals surface area (Å²) in [5.41, 5.74) is 3.69. The van der Waals surface area contributed by atoms with Crippen molar-refractivity contribution in [2.24, 2.45) is 0 Å². The minimum atomic E-state index is 0.0591. The Hall–Kier alpha value is -2.00. The molecule has 0 spiro atoms. The van der Waals surface area contributed by atoms with Crippen LogP contribution in [-0.2, 0) is 6.42 Å². The Labute approximate surface area is 129 Å². The van der Waals surface area contributed by atoms with Gasteiger partial charge in [-0.25, -0.2) is 0 Å². The van der Waals surface area contributed by atoms with E-state index >= 15 is 0 Å². The second kappa shape index (κ2) is 5.41. The van der Waals surface area contributed by atoms with Crippen LogP contribution in [0.2, 0.25) is 5.02 Å². The van der Waals surface area contributed by atoms with E-state index in [9.17, 15) is 4.79 Å². The van der Waals surface area contributed by atoms with Crippen LogP contribution in [0.1, 0.15) is 15.9 Å². The van der Waals surface area contributed by atoms with Gasteiger partial charge in [-0.05, 0) is 47.4 Å². The molecule has 0 radical (unpaired) electrons. The van der Waals surface area contributed by atoms with E-state index in [2.05, 4.69) is 0 Å². The van der Waals surface area contributed by atoms with Crippen LogP contribution in [0.5, 0.6) is 5.75 Å². The molecule has 0 aliphatic carbocycles. The van der Waals surface area contributed by atoms with Crippen LogP contribution in [0, 0.1) is 0 Å². The highest BCUT2D eigenvalue weighted by Gasteiger charge is 2.26. The molecule has 0 unspecified atom stereocenters. The maximum atomic E-state index is 12.5. The molecule has 21 heavy (non-hydrogen) atoms. The van der Waals surface area contributed by atoms with Crippen molar-refractivity contribution in [1.82, 2.24) is 4.90 Å². The van der Waals surface area contributed by atoms with Crippen LogP contribution in [0.15, 0.2) is 36.4 Å². The molecule has 1 aliphatic heterocycles. The molecule has 0 aromatic heterocycles. The third-order valence-corrected chi connectivity index (χ3v) is 4.11. The van der Waals surface area contributed by atoms with E-state index in [1.807, 2.05) is 43.4 Å². The maximum Gasteiger partial charge on any atom is 0.254 e. The average Bonchev–Trinajstić information content (AvgIpc) is 2.50.